The first kappa shape index (κ1) is 15.6. The minimum absolute atomic E-state index is 0. The summed E-state index contributed by atoms with van der Waals surface area (Å²) in [6.07, 6.45) is 11.6. The van der Waals surface area contributed by atoms with Gasteiger partial charge < -0.3 is 5.32 Å². The topological polar surface area (TPSA) is 29.1 Å². The first-order valence-electron chi connectivity index (χ1n) is 8.06. The predicted molar refractivity (Wildman–Crippen MR) is 91.1 cm³/mol. The fourth-order valence-electron chi connectivity index (χ4n) is 2.78. The lowest BCUT2D eigenvalue weighted by atomic mass is 9.97. The molecule has 0 spiro atoms. The van der Waals surface area contributed by atoms with Crippen LogP contribution in [0, 0.1) is 0 Å². The van der Waals surface area contributed by atoms with Gasteiger partial charge in [-0.05, 0) is 42.4 Å². The highest BCUT2D eigenvalue weighted by Crippen LogP contribution is 2.22. The van der Waals surface area contributed by atoms with E-state index < -0.39 is 0 Å². The van der Waals surface area contributed by atoms with Crippen molar-refractivity contribution in [3.05, 3.63) is 53.6 Å². The molecule has 2 heteroatoms. The molecule has 0 unspecified atom stereocenters. The molecule has 0 bridgehead atoms. The average Bonchev–Trinajstić information content (AvgIpc) is 2.96. The van der Waals surface area contributed by atoms with E-state index in [-0.39, 0.29) is 7.33 Å². The normalized spacial score (nSPS) is 20.4. The van der Waals surface area contributed by atoms with Crippen molar-refractivity contribution in [3.63, 3.8) is 0 Å². The van der Waals surface area contributed by atoms with Gasteiger partial charge in [0.1, 0.15) is 0 Å². The molecular formula is C19H27NO. The molecule has 0 saturated carbocycles. The highest BCUT2D eigenvalue weighted by molar-refractivity contribution is 5.78. The minimum atomic E-state index is 0. The Morgan fingerprint density at radius 1 is 1.19 bits per heavy atom. The maximum atomic E-state index is 11.2. The van der Waals surface area contributed by atoms with Crippen molar-refractivity contribution in [2.75, 3.05) is 0 Å². The Balaban J connectivity index is 0.000000775. The second kappa shape index (κ2) is 7.82. The summed E-state index contributed by atoms with van der Waals surface area (Å²) < 4.78 is 0. The third-order valence-corrected chi connectivity index (χ3v) is 3.85. The molecule has 1 atom stereocenters. The van der Waals surface area contributed by atoms with Crippen LogP contribution in [0.4, 0.5) is 0 Å². The van der Waals surface area contributed by atoms with Crippen LogP contribution in [-0.2, 0) is 11.2 Å². The summed E-state index contributed by atoms with van der Waals surface area (Å²) in [7, 11) is 0. The molecule has 1 saturated heterocycles. The monoisotopic (exact) mass is 285 g/mol. The van der Waals surface area contributed by atoms with Gasteiger partial charge in [0.2, 0.25) is 5.91 Å². The number of benzene rings is 1. The van der Waals surface area contributed by atoms with E-state index in [0.717, 1.165) is 25.7 Å². The average molecular weight is 285 g/mol. The number of hydrogen-bond donors (Lipinski definition) is 1. The van der Waals surface area contributed by atoms with Crippen molar-refractivity contribution in [2.45, 2.75) is 52.0 Å². The van der Waals surface area contributed by atoms with Crippen LogP contribution in [0.25, 0.3) is 5.57 Å². The Morgan fingerprint density at radius 2 is 1.95 bits per heavy atom. The van der Waals surface area contributed by atoms with Gasteiger partial charge >= 0.3 is 0 Å². The van der Waals surface area contributed by atoms with E-state index in [4.69, 9.17) is 0 Å². The van der Waals surface area contributed by atoms with E-state index in [1.54, 1.807) is 0 Å². The molecule has 114 valence electrons. The van der Waals surface area contributed by atoms with Gasteiger partial charge in [-0.1, -0.05) is 56.3 Å². The first-order chi connectivity index (χ1) is 10.3. The summed E-state index contributed by atoms with van der Waals surface area (Å²) in [5.41, 5.74) is 3.92. The summed E-state index contributed by atoms with van der Waals surface area (Å²) in [5.74, 6) is 0.194. The lowest BCUT2D eigenvalue weighted by Gasteiger charge is -2.11. The molecule has 1 aromatic carbocycles. The predicted octanol–water partition coefficient (Wildman–Crippen LogP) is 4.51. The molecule has 1 fully saturated rings. The van der Waals surface area contributed by atoms with Crippen molar-refractivity contribution >= 4 is 11.5 Å². The third kappa shape index (κ3) is 4.32. The Morgan fingerprint density at radius 3 is 2.52 bits per heavy atom. The molecule has 2 aliphatic rings. The number of rotatable bonds is 3. The Labute approximate surface area is 129 Å². The zero-order valence-electron chi connectivity index (χ0n) is 13.1. The molecule has 1 amide bonds. The van der Waals surface area contributed by atoms with Gasteiger partial charge in [0, 0.05) is 13.9 Å². The standard InChI is InChI=1S/C17H19NO.C2H6.H2/c19-17-11-10-16(18-17)12-13-6-8-15(9-7-13)14-4-2-1-3-5-14;1-2;/h2,4-9,16H,1,3,10-12H2,(H,18,19);1-2H3;1H/t16-;;/m0../s1. The minimum Gasteiger partial charge on any atom is -0.353 e. The fourth-order valence-corrected chi connectivity index (χ4v) is 2.78. The number of carbonyl (C=O) groups is 1. The lowest BCUT2D eigenvalue weighted by molar-refractivity contribution is -0.119. The molecule has 1 aromatic rings. The summed E-state index contributed by atoms with van der Waals surface area (Å²) in [5, 5.41) is 3.02. The van der Waals surface area contributed by atoms with Crippen molar-refractivity contribution in [2.24, 2.45) is 0 Å². The lowest BCUT2D eigenvalue weighted by Crippen LogP contribution is -2.27. The largest absolute Gasteiger partial charge is 0.353 e. The molecule has 3 rings (SSSR count). The van der Waals surface area contributed by atoms with Crippen LogP contribution in [0.15, 0.2) is 42.5 Å². The fraction of sp³-hybridized carbons (Fsp3) is 0.421. The molecule has 1 N–H and O–H groups in total. The number of hydrogen-bond acceptors (Lipinski definition) is 1. The maximum absolute atomic E-state index is 11.2. The second-order valence-electron chi connectivity index (χ2n) is 5.34. The SMILES string of the molecule is CC.O=C1CC[C@@H](Cc2ccc(C3=CCCC=C3)cc2)N1.[HH]. The maximum Gasteiger partial charge on any atom is 0.220 e. The quantitative estimate of drug-likeness (QED) is 0.869. The van der Waals surface area contributed by atoms with E-state index in [2.05, 4.69) is 47.8 Å². The van der Waals surface area contributed by atoms with Gasteiger partial charge in [0.15, 0.2) is 0 Å². The van der Waals surface area contributed by atoms with Crippen LogP contribution in [0.1, 0.15) is 52.1 Å². The van der Waals surface area contributed by atoms with Crippen molar-refractivity contribution in [1.29, 1.82) is 0 Å². The van der Waals surface area contributed by atoms with Crippen molar-refractivity contribution in [1.82, 2.24) is 5.32 Å². The molecule has 1 heterocycles. The van der Waals surface area contributed by atoms with E-state index in [1.807, 2.05) is 13.8 Å². The van der Waals surface area contributed by atoms with Gasteiger partial charge in [-0.3, -0.25) is 4.79 Å². The van der Waals surface area contributed by atoms with E-state index in [0.29, 0.717) is 12.5 Å². The number of nitrogens with one attached hydrogen (secondary N) is 1. The number of carbonyl (C=O) groups excluding carboxylic acids is 1. The third-order valence-electron chi connectivity index (χ3n) is 3.85. The molecule has 21 heavy (non-hydrogen) atoms. The van der Waals surface area contributed by atoms with Crippen LogP contribution < -0.4 is 5.32 Å². The number of allylic oxidation sites excluding steroid dienone is 4. The van der Waals surface area contributed by atoms with Gasteiger partial charge in [-0.15, -0.1) is 0 Å². The van der Waals surface area contributed by atoms with E-state index in [9.17, 15) is 4.79 Å². The van der Waals surface area contributed by atoms with Crippen LogP contribution in [0.3, 0.4) is 0 Å². The smallest absolute Gasteiger partial charge is 0.220 e. The van der Waals surface area contributed by atoms with E-state index in [1.165, 1.54) is 16.7 Å². The molecule has 0 radical (unpaired) electrons. The van der Waals surface area contributed by atoms with Crippen molar-refractivity contribution < 1.29 is 6.22 Å². The summed E-state index contributed by atoms with van der Waals surface area (Å²) in [6.45, 7) is 4.00. The van der Waals surface area contributed by atoms with E-state index >= 15 is 0 Å². The van der Waals surface area contributed by atoms with Crippen LogP contribution in [-0.4, -0.2) is 11.9 Å². The van der Waals surface area contributed by atoms with Gasteiger partial charge in [0.05, 0.1) is 0 Å². The zero-order chi connectivity index (χ0) is 15.1. The van der Waals surface area contributed by atoms with Crippen molar-refractivity contribution in [3.8, 4) is 0 Å². The summed E-state index contributed by atoms with van der Waals surface area (Å²) >= 11 is 0. The highest BCUT2D eigenvalue weighted by Gasteiger charge is 2.20. The molecular weight excluding hydrogens is 258 g/mol. The van der Waals surface area contributed by atoms with Gasteiger partial charge in [-0.2, -0.15) is 0 Å². The molecule has 2 nitrogen and oxygen atoms in total. The second-order valence-corrected chi connectivity index (χ2v) is 5.34. The van der Waals surface area contributed by atoms with Crippen LogP contribution in [0.2, 0.25) is 0 Å². The Hall–Kier alpha value is -1.83. The molecule has 1 aliphatic heterocycles. The highest BCUT2D eigenvalue weighted by atomic mass is 16.1. The van der Waals surface area contributed by atoms with Gasteiger partial charge in [-0.25, -0.2) is 0 Å². The van der Waals surface area contributed by atoms with Crippen LogP contribution in [0.5, 0.6) is 0 Å². The molecule has 0 aromatic heterocycles. The molecule has 1 aliphatic carbocycles. The summed E-state index contributed by atoms with van der Waals surface area (Å²) in [4.78, 5) is 11.2. The van der Waals surface area contributed by atoms with Crippen LogP contribution >= 0.6 is 0 Å². The van der Waals surface area contributed by atoms with Gasteiger partial charge in [0.25, 0.3) is 0 Å². The number of amides is 1. The Kier molecular flexibility index (Phi) is 5.79. The summed E-state index contributed by atoms with van der Waals surface area (Å²) in [6, 6.07) is 9.07. The zero-order valence-corrected chi connectivity index (χ0v) is 13.1. The Bertz CT molecular complexity index is 531. The first-order valence-corrected chi connectivity index (χ1v) is 8.06.